The highest BCUT2D eigenvalue weighted by molar-refractivity contribution is 7.13. The van der Waals surface area contributed by atoms with E-state index in [1.54, 1.807) is 6.20 Å². The smallest absolute Gasteiger partial charge is 0.233 e. The molecule has 2 aliphatic rings. The molecule has 5 rings (SSSR count). The first-order valence-electron chi connectivity index (χ1n) is 10.8. The maximum absolute atomic E-state index is 13.5. The van der Waals surface area contributed by atoms with E-state index in [1.807, 2.05) is 11.4 Å². The number of carbonyl (C=O) groups excluding carboxylic acids is 1. The Morgan fingerprint density at radius 2 is 1.93 bits per heavy atom. The average Bonchev–Trinajstić information content (AvgIpc) is 3.40. The van der Waals surface area contributed by atoms with Gasteiger partial charge in [-0.1, -0.05) is 36.4 Å². The molecule has 3 aromatic rings. The Kier molecular flexibility index (Phi) is 5.07. The van der Waals surface area contributed by atoms with E-state index < -0.39 is 5.41 Å². The van der Waals surface area contributed by atoms with Gasteiger partial charge >= 0.3 is 0 Å². The number of carbonyl (C=O) groups is 1. The van der Waals surface area contributed by atoms with Gasteiger partial charge in [0.2, 0.25) is 5.91 Å². The predicted octanol–water partition coefficient (Wildman–Crippen LogP) is 5.47. The van der Waals surface area contributed by atoms with E-state index >= 15 is 0 Å². The van der Waals surface area contributed by atoms with Crippen LogP contribution in [0.5, 0.6) is 0 Å². The van der Waals surface area contributed by atoms with Crippen molar-refractivity contribution < 1.29 is 4.79 Å². The van der Waals surface area contributed by atoms with Crippen molar-refractivity contribution in [2.24, 2.45) is 5.41 Å². The van der Waals surface area contributed by atoms with Crippen LogP contribution in [0.3, 0.4) is 0 Å². The predicted molar refractivity (Wildman–Crippen MR) is 123 cm³/mol. The molecule has 2 heterocycles. The van der Waals surface area contributed by atoms with Crippen LogP contribution in [0, 0.1) is 5.41 Å². The van der Waals surface area contributed by atoms with E-state index in [-0.39, 0.29) is 11.8 Å². The molecule has 4 nitrogen and oxygen atoms in total. The maximum Gasteiger partial charge on any atom is 0.233 e. The Morgan fingerprint density at radius 3 is 2.67 bits per heavy atom. The summed E-state index contributed by atoms with van der Waals surface area (Å²) in [7, 11) is 0. The molecule has 154 valence electrons. The SMILES string of the molecule is C[C@]1(C(=O)Nc2nccs2)Cc2ccc(N3CCCCC3)cc2[C@H]1c1ccccc1. The van der Waals surface area contributed by atoms with Crippen molar-refractivity contribution >= 4 is 28.1 Å². The lowest BCUT2D eigenvalue weighted by Gasteiger charge is -2.32. The minimum atomic E-state index is -0.560. The molecule has 1 amide bonds. The number of rotatable bonds is 4. The van der Waals surface area contributed by atoms with Crippen molar-refractivity contribution in [3.8, 4) is 0 Å². The largest absolute Gasteiger partial charge is 0.372 e. The van der Waals surface area contributed by atoms with Crippen LogP contribution in [0.15, 0.2) is 60.1 Å². The first-order valence-corrected chi connectivity index (χ1v) is 11.7. The first-order chi connectivity index (χ1) is 14.6. The summed E-state index contributed by atoms with van der Waals surface area (Å²) in [5.74, 6) is 0.0698. The van der Waals surface area contributed by atoms with Crippen LogP contribution in [-0.2, 0) is 11.2 Å². The highest BCUT2D eigenvalue weighted by atomic mass is 32.1. The molecular formula is C25H27N3OS. The van der Waals surface area contributed by atoms with Crippen molar-refractivity contribution in [1.29, 1.82) is 0 Å². The van der Waals surface area contributed by atoms with Gasteiger partial charge in [0.05, 0.1) is 5.41 Å². The Labute approximate surface area is 182 Å². The number of fused-ring (bicyclic) bond motifs is 1. The molecule has 0 unspecified atom stereocenters. The van der Waals surface area contributed by atoms with E-state index in [2.05, 4.69) is 64.6 Å². The third-order valence-electron chi connectivity index (χ3n) is 6.66. The maximum atomic E-state index is 13.5. The summed E-state index contributed by atoms with van der Waals surface area (Å²) in [5, 5.41) is 5.63. The quantitative estimate of drug-likeness (QED) is 0.612. The van der Waals surface area contributed by atoms with Gasteiger partial charge in [0.15, 0.2) is 5.13 Å². The Bertz CT molecular complexity index is 1030. The van der Waals surface area contributed by atoms with Gasteiger partial charge in [0, 0.05) is 36.3 Å². The van der Waals surface area contributed by atoms with Gasteiger partial charge in [-0.2, -0.15) is 0 Å². The second-order valence-corrected chi connectivity index (χ2v) is 9.55. The van der Waals surface area contributed by atoms with E-state index in [0.717, 1.165) is 19.5 Å². The number of nitrogens with one attached hydrogen (secondary N) is 1. The molecule has 0 spiro atoms. The van der Waals surface area contributed by atoms with Gasteiger partial charge < -0.3 is 10.2 Å². The molecular weight excluding hydrogens is 390 g/mol. The topological polar surface area (TPSA) is 45.2 Å². The molecule has 1 aliphatic heterocycles. The molecule has 1 N–H and O–H groups in total. The zero-order chi connectivity index (χ0) is 20.6. The van der Waals surface area contributed by atoms with Crippen LogP contribution in [0.2, 0.25) is 0 Å². The molecule has 30 heavy (non-hydrogen) atoms. The van der Waals surface area contributed by atoms with Crippen molar-refractivity contribution in [1.82, 2.24) is 4.98 Å². The number of hydrogen-bond acceptors (Lipinski definition) is 4. The number of hydrogen-bond donors (Lipinski definition) is 1. The van der Waals surface area contributed by atoms with Crippen LogP contribution in [0.4, 0.5) is 10.8 Å². The Balaban J connectivity index is 1.55. The lowest BCUT2D eigenvalue weighted by molar-refractivity contribution is -0.125. The third kappa shape index (κ3) is 3.41. The minimum Gasteiger partial charge on any atom is -0.372 e. The van der Waals surface area contributed by atoms with Gasteiger partial charge in [-0.25, -0.2) is 4.98 Å². The number of anilines is 2. The van der Waals surface area contributed by atoms with E-state index in [1.165, 1.54) is 53.0 Å². The van der Waals surface area contributed by atoms with Crippen molar-refractivity contribution in [3.63, 3.8) is 0 Å². The highest BCUT2D eigenvalue weighted by Crippen LogP contribution is 2.52. The molecule has 0 bridgehead atoms. The first kappa shape index (κ1) is 19.3. The molecule has 0 saturated carbocycles. The Morgan fingerprint density at radius 1 is 1.13 bits per heavy atom. The number of thiazole rings is 1. The lowest BCUT2D eigenvalue weighted by Crippen LogP contribution is -2.37. The van der Waals surface area contributed by atoms with Gasteiger partial charge in [0.1, 0.15) is 0 Å². The van der Waals surface area contributed by atoms with Crippen LogP contribution in [0.1, 0.15) is 48.8 Å². The average molecular weight is 418 g/mol. The molecule has 1 aliphatic carbocycles. The summed E-state index contributed by atoms with van der Waals surface area (Å²) in [4.78, 5) is 20.3. The number of piperidine rings is 1. The molecule has 1 aromatic heterocycles. The van der Waals surface area contributed by atoms with Crippen LogP contribution in [0.25, 0.3) is 0 Å². The molecule has 5 heteroatoms. The zero-order valence-corrected chi connectivity index (χ0v) is 18.1. The van der Waals surface area contributed by atoms with Crippen LogP contribution >= 0.6 is 11.3 Å². The van der Waals surface area contributed by atoms with Gasteiger partial charge in [-0.05, 0) is 61.4 Å². The lowest BCUT2D eigenvalue weighted by atomic mass is 9.73. The van der Waals surface area contributed by atoms with E-state index in [4.69, 9.17) is 0 Å². The Hall–Kier alpha value is -2.66. The van der Waals surface area contributed by atoms with Crippen molar-refractivity contribution in [2.45, 2.75) is 38.5 Å². The standard InChI is InChI=1S/C25H27N3OS/c1-25(23(29)27-24-26-12-15-30-24)17-19-10-11-20(28-13-6-3-7-14-28)16-21(19)22(25)18-8-4-2-5-9-18/h2,4-5,8-12,15-16,22H,3,6-7,13-14,17H2,1H3,(H,26,27,29)/t22-,25+/m1/s1. The van der Waals surface area contributed by atoms with Gasteiger partial charge in [-0.3, -0.25) is 4.79 Å². The normalized spacial score (nSPS) is 23.2. The third-order valence-corrected chi connectivity index (χ3v) is 7.35. The molecule has 0 radical (unpaired) electrons. The number of nitrogens with zero attached hydrogens (tertiary/aromatic N) is 2. The van der Waals surface area contributed by atoms with Gasteiger partial charge in [0.25, 0.3) is 0 Å². The fraction of sp³-hybridized carbons (Fsp3) is 0.360. The highest BCUT2D eigenvalue weighted by Gasteiger charge is 2.49. The fourth-order valence-corrected chi connectivity index (χ4v) is 5.66. The molecule has 1 saturated heterocycles. The van der Waals surface area contributed by atoms with Crippen LogP contribution in [-0.4, -0.2) is 24.0 Å². The van der Waals surface area contributed by atoms with Crippen molar-refractivity contribution in [2.75, 3.05) is 23.3 Å². The second kappa shape index (κ2) is 7.88. The summed E-state index contributed by atoms with van der Waals surface area (Å²) in [5.41, 5.74) is 4.50. The second-order valence-electron chi connectivity index (χ2n) is 8.66. The molecule has 2 aromatic carbocycles. The van der Waals surface area contributed by atoms with Crippen molar-refractivity contribution in [3.05, 3.63) is 76.8 Å². The zero-order valence-electron chi connectivity index (χ0n) is 17.3. The molecule has 1 fully saturated rings. The number of aromatic nitrogens is 1. The summed E-state index contributed by atoms with van der Waals surface area (Å²) in [6.07, 6.45) is 6.30. The monoisotopic (exact) mass is 417 g/mol. The summed E-state index contributed by atoms with van der Waals surface area (Å²) in [6.45, 7) is 4.35. The van der Waals surface area contributed by atoms with Gasteiger partial charge in [-0.15, -0.1) is 11.3 Å². The molecule has 2 atom stereocenters. The summed E-state index contributed by atoms with van der Waals surface area (Å²) < 4.78 is 0. The minimum absolute atomic E-state index is 0.0263. The number of amides is 1. The van der Waals surface area contributed by atoms with E-state index in [9.17, 15) is 4.79 Å². The fourth-order valence-electron chi connectivity index (χ4n) is 5.13. The number of benzene rings is 2. The van der Waals surface area contributed by atoms with E-state index in [0.29, 0.717) is 5.13 Å². The summed E-state index contributed by atoms with van der Waals surface area (Å²) >= 11 is 1.46. The summed E-state index contributed by atoms with van der Waals surface area (Å²) in [6, 6.07) is 17.3. The van der Waals surface area contributed by atoms with Crippen LogP contribution < -0.4 is 10.2 Å².